The van der Waals surface area contributed by atoms with Crippen LogP contribution in [0.15, 0.2) is 23.8 Å². The van der Waals surface area contributed by atoms with Crippen LogP contribution in [0.5, 0.6) is 5.88 Å². The third kappa shape index (κ3) is 3.02. The molecule has 2 aromatic rings. The van der Waals surface area contributed by atoms with E-state index in [-0.39, 0.29) is 0 Å². The van der Waals surface area contributed by atoms with Crippen molar-refractivity contribution in [2.45, 2.75) is 13.3 Å². The Bertz CT molecular complexity index is 527. The van der Waals surface area contributed by atoms with Gasteiger partial charge in [0, 0.05) is 23.6 Å². The van der Waals surface area contributed by atoms with Gasteiger partial charge in [-0.15, -0.1) is 11.3 Å². The second kappa shape index (κ2) is 5.41. The molecular formula is C12H11N3OS. The number of thiazole rings is 1. The maximum atomic E-state index is 8.62. The van der Waals surface area contributed by atoms with Crippen molar-refractivity contribution in [1.29, 1.82) is 5.26 Å². The third-order valence-corrected chi connectivity index (χ3v) is 3.28. The van der Waals surface area contributed by atoms with E-state index in [4.69, 9.17) is 10.00 Å². The summed E-state index contributed by atoms with van der Waals surface area (Å²) in [6.07, 6.45) is 2.34. The Hall–Kier alpha value is -1.93. The Morgan fingerprint density at radius 2 is 2.29 bits per heavy atom. The van der Waals surface area contributed by atoms with Crippen molar-refractivity contribution < 1.29 is 4.74 Å². The molecule has 17 heavy (non-hydrogen) atoms. The van der Waals surface area contributed by atoms with Crippen LogP contribution in [0.4, 0.5) is 0 Å². The normalized spacial score (nSPS) is 9.88. The fraction of sp³-hybridized carbons (Fsp3) is 0.250. The van der Waals surface area contributed by atoms with Gasteiger partial charge >= 0.3 is 0 Å². The van der Waals surface area contributed by atoms with Crippen molar-refractivity contribution in [3.63, 3.8) is 0 Å². The van der Waals surface area contributed by atoms with E-state index in [9.17, 15) is 0 Å². The summed E-state index contributed by atoms with van der Waals surface area (Å²) in [5, 5.41) is 8.62. The number of nitriles is 1. The van der Waals surface area contributed by atoms with Crippen LogP contribution in [-0.4, -0.2) is 16.6 Å². The van der Waals surface area contributed by atoms with Gasteiger partial charge in [0.1, 0.15) is 6.07 Å². The molecule has 0 spiro atoms. The summed E-state index contributed by atoms with van der Waals surface area (Å²) in [5.74, 6) is 0.547. The molecule has 0 radical (unpaired) electrons. The number of ether oxygens (including phenoxy) is 1. The predicted molar refractivity (Wildman–Crippen MR) is 65.0 cm³/mol. The van der Waals surface area contributed by atoms with E-state index in [1.165, 1.54) is 11.1 Å². The second-order valence-corrected chi connectivity index (χ2v) is 4.40. The molecule has 0 amide bonds. The van der Waals surface area contributed by atoms with Crippen LogP contribution in [0.25, 0.3) is 0 Å². The second-order valence-electron chi connectivity index (χ2n) is 3.46. The fourth-order valence-electron chi connectivity index (χ4n) is 1.35. The van der Waals surface area contributed by atoms with E-state index in [2.05, 4.69) is 9.97 Å². The standard InChI is InChI=1S/C12H11N3OS/c1-9-11(17-8-15-9)4-5-16-12-3-2-10(6-13)7-14-12/h2-3,7-8H,4-5H2,1H3. The monoisotopic (exact) mass is 245 g/mol. The van der Waals surface area contributed by atoms with Gasteiger partial charge in [-0.3, -0.25) is 0 Å². The maximum absolute atomic E-state index is 8.62. The first-order valence-corrected chi connectivity index (χ1v) is 6.05. The Kier molecular flexibility index (Phi) is 3.68. The third-order valence-electron chi connectivity index (χ3n) is 2.29. The molecule has 0 N–H and O–H groups in total. The molecule has 0 saturated heterocycles. The molecule has 2 heterocycles. The summed E-state index contributed by atoms with van der Waals surface area (Å²) in [7, 11) is 0. The van der Waals surface area contributed by atoms with Gasteiger partial charge in [-0.05, 0) is 13.0 Å². The van der Waals surface area contributed by atoms with E-state index in [0.717, 1.165) is 12.1 Å². The number of hydrogen-bond donors (Lipinski definition) is 0. The van der Waals surface area contributed by atoms with Crippen LogP contribution >= 0.6 is 11.3 Å². The molecule has 86 valence electrons. The number of pyridine rings is 1. The zero-order valence-corrected chi connectivity index (χ0v) is 10.2. The van der Waals surface area contributed by atoms with Crippen molar-refractivity contribution >= 4 is 11.3 Å². The van der Waals surface area contributed by atoms with Gasteiger partial charge in [-0.25, -0.2) is 9.97 Å². The highest BCUT2D eigenvalue weighted by atomic mass is 32.1. The highest BCUT2D eigenvalue weighted by molar-refractivity contribution is 7.09. The minimum Gasteiger partial charge on any atom is -0.477 e. The first-order chi connectivity index (χ1) is 8.29. The van der Waals surface area contributed by atoms with Gasteiger partial charge in [0.2, 0.25) is 5.88 Å². The molecule has 2 rings (SSSR count). The van der Waals surface area contributed by atoms with E-state index >= 15 is 0 Å². The van der Waals surface area contributed by atoms with Gasteiger partial charge in [0.25, 0.3) is 0 Å². The molecule has 5 heteroatoms. The van der Waals surface area contributed by atoms with Gasteiger partial charge < -0.3 is 4.74 Å². The van der Waals surface area contributed by atoms with Gasteiger partial charge in [0.15, 0.2) is 0 Å². The topological polar surface area (TPSA) is 58.8 Å². The summed E-state index contributed by atoms with van der Waals surface area (Å²) in [6, 6.07) is 5.42. The molecule has 0 aliphatic heterocycles. The molecule has 0 fully saturated rings. The quantitative estimate of drug-likeness (QED) is 0.829. The van der Waals surface area contributed by atoms with Crippen molar-refractivity contribution in [3.8, 4) is 11.9 Å². The van der Waals surface area contributed by atoms with Crippen molar-refractivity contribution in [1.82, 2.24) is 9.97 Å². The lowest BCUT2D eigenvalue weighted by atomic mass is 10.3. The van der Waals surface area contributed by atoms with Crippen LogP contribution in [0, 0.1) is 18.3 Å². The molecule has 2 aromatic heterocycles. The molecular weight excluding hydrogens is 234 g/mol. The molecule has 4 nitrogen and oxygen atoms in total. The maximum Gasteiger partial charge on any atom is 0.213 e. The van der Waals surface area contributed by atoms with E-state index in [1.54, 1.807) is 23.5 Å². The van der Waals surface area contributed by atoms with Crippen LogP contribution in [0.3, 0.4) is 0 Å². The van der Waals surface area contributed by atoms with Crippen LogP contribution in [-0.2, 0) is 6.42 Å². The van der Waals surface area contributed by atoms with Crippen molar-refractivity contribution in [2.24, 2.45) is 0 Å². The van der Waals surface area contributed by atoms with Crippen molar-refractivity contribution in [3.05, 3.63) is 40.0 Å². The summed E-state index contributed by atoms with van der Waals surface area (Å²) in [5.41, 5.74) is 3.44. The highest BCUT2D eigenvalue weighted by Crippen LogP contribution is 2.13. The van der Waals surface area contributed by atoms with Gasteiger partial charge in [-0.2, -0.15) is 5.26 Å². The largest absolute Gasteiger partial charge is 0.477 e. The van der Waals surface area contributed by atoms with E-state index in [1.807, 2.05) is 18.5 Å². The lowest BCUT2D eigenvalue weighted by Gasteiger charge is -2.03. The zero-order valence-electron chi connectivity index (χ0n) is 9.38. The first-order valence-electron chi connectivity index (χ1n) is 5.17. The Balaban J connectivity index is 1.86. The first kappa shape index (κ1) is 11.6. The smallest absolute Gasteiger partial charge is 0.213 e. The Morgan fingerprint density at radius 1 is 1.41 bits per heavy atom. The zero-order chi connectivity index (χ0) is 12.1. The van der Waals surface area contributed by atoms with E-state index < -0.39 is 0 Å². The average Bonchev–Trinajstić information content (AvgIpc) is 2.76. The molecule has 0 aliphatic rings. The average molecular weight is 245 g/mol. The summed E-state index contributed by atoms with van der Waals surface area (Å²) >= 11 is 1.64. The predicted octanol–water partition coefficient (Wildman–Crippen LogP) is 2.34. The van der Waals surface area contributed by atoms with Crippen LogP contribution in [0.1, 0.15) is 16.1 Å². The minimum absolute atomic E-state index is 0.538. The Morgan fingerprint density at radius 3 is 2.88 bits per heavy atom. The SMILES string of the molecule is Cc1ncsc1CCOc1ccc(C#N)cn1. The number of aromatic nitrogens is 2. The van der Waals surface area contributed by atoms with E-state index in [0.29, 0.717) is 18.1 Å². The van der Waals surface area contributed by atoms with Crippen molar-refractivity contribution in [2.75, 3.05) is 6.61 Å². The lowest BCUT2D eigenvalue weighted by Crippen LogP contribution is -2.02. The highest BCUT2D eigenvalue weighted by Gasteiger charge is 2.02. The number of aryl methyl sites for hydroxylation is 1. The molecule has 0 unspecified atom stereocenters. The molecule has 0 saturated carbocycles. The molecule has 0 aromatic carbocycles. The summed E-state index contributed by atoms with van der Waals surface area (Å²) in [6.45, 7) is 2.56. The molecule has 0 atom stereocenters. The van der Waals surface area contributed by atoms with Gasteiger partial charge in [0.05, 0.1) is 23.4 Å². The van der Waals surface area contributed by atoms with Crippen LogP contribution in [0.2, 0.25) is 0 Å². The molecule has 0 bridgehead atoms. The number of rotatable bonds is 4. The number of hydrogen-bond acceptors (Lipinski definition) is 5. The minimum atomic E-state index is 0.538. The summed E-state index contributed by atoms with van der Waals surface area (Å²) in [4.78, 5) is 9.44. The molecule has 0 aliphatic carbocycles. The van der Waals surface area contributed by atoms with Crippen LogP contribution < -0.4 is 4.74 Å². The summed E-state index contributed by atoms with van der Waals surface area (Å²) < 4.78 is 5.49. The van der Waals surface area contributed by atoms with Gasteiger partial charge in [-0.1, -0.05) is 0 Å². The lowest BCUT2D eigenvalue weighted by molar-refractivity contribution is 0.310. The fourth-order valence-corrected chi connectivity index (χ4v) is 2.11. The number of nitrogens with zero attached hydrogens (tertiary/aromatic N) is 3. The Labute approximate surface area is 104 Å².